The van der Waals surface area contributed by atoms with Gasteiger partial charge in [-0.25, -0.2) is 4.98 Å². The fourth-order valence-electron chi connectivity index (χ4n) is 6.04. The average Bonchev–Trinajstić information content (AvgIpc) is 3.59. The van der Waals surface area contributed by atoms with Crippen molar-refractivity contribution in [2.24, 2.45) is 0 Å². The van der Waals surface area contributed by atoms with Gasteiger partial charge in [0.15, 0.2) is 0 Å². The normalized spacial score (nSPS) is 14.9. The summed E-state index contributed by atoms with van der Waals surface area (Å²) < 4.78 is 4.85. The fraction of sp³-hybridized carbons (Fsp3) is 0.514. The van der Waals surface area contributed by atoms with E-state index in [2.05, 4.69) is 53.6 Å². The van der Waals surface area contributed by atoms with Crippen molar-refractivity contribution in [1.29, 1.82) is 0 Å². The van der Waals surface area contributed by atoms with Gasteiger partial charge in [-0.3, -0.25) is 4.79 Å². The number of benzene rings is 2. The zero-order valence-electron chi connectivity index (χ0n) is 29.3. The number of ether oxygens (including phenoxy) is 1. The summed E-state index contributed by atoms with van der Waals surface area (Å²) >= 11 is 1.76. The third-order valence-electron chi connectivity index (χ3n) is 7.93. The number of carbonyl (C=O) groups excluding carboxylic acids is 1. The molecule has 0 radical (unpaired) electrons. The Morgan fingerprint density at radius 2 is 1.74 bits per heavy atom. The van der Waals surface area contributed by atoms with Gasteiger partial charge in [0.2, 0.25) is 0 Å². The predicted octanol–water partition coefficient (Wildman–Crippen LogP) is 5.15. The molecule has 1 aliphatic rings. The molecule has 2 aromatic carbocycles. The molecule has 246 valence electrons. The van der Waals surface area contributed by atoms with Crippen LogP contribution in [0.2, 0.25) is 0 Å². The van der Waals surface area contributed by atoms with Crippen molar-refractivity contribution in [2.45, 2.75) is 124 Å². The summed E-state index contributed by atoms with van der Waals surface area (Å²) in [6, 6.07) is 12.8. The Morgan fingerprint density at radius 3 is 2.37 bits per heavy atom. The number of nitrogens with one attached hydrogen (secondary N) is 2. The van der Waals surface area contributed by atoms with Crippen LogP contribution >= 0.6 is 11.3 Å². The van der Waals surface area contributed by atoms with E-state index in [0.29, 0.717) is 12.3 Å². The largest absolute Gasteiger partial charge is 1.00 e. The molecule has 4 N–H and O–H groups in total. The summed E-state index contributed by atoms with van der Waals surface area (Å²) in [5.74, 6) is 0.472. The van der Waals surface area contributed by atoms with Gasteiger partial charge in [-0.1, -0.05) is 63.4 Å². The second-order valence-corrected chi connectivity index (χ2v) is 14.6. The number of esters is 1. The van der Waals surface area contributed by atoms with Crippen LogP contribution in [0, 0.1) is 6.92 Å². The van der Waals surface area contributed by atoms with Gasteiger partial charge in [-0.05, 0) is 100 Å². The maximum Gasteiger partial charge on any atom is 1.00 e. The van der Waals surface area contributed by atoms with Crippen LogP contribution in [0.3, 0.4) is 0 Å². The number of hydrogen-bond donors (Lipinski definition) is 2. The quantitative estimate of drug-likeness (QED) is 0.152. The van der Waals surface area contributed by atoms with Crippen LogP contribution in [-0.2, 0) is 15.3 Å². The number of aromatic amines is 1. The van der Waals surface area contributed by atoms with Gasteiger partial charge >= 0.3 is 57.4 Å². The summed E-state index contributed by atoms with van der Waals surface area (Å²) in [5.41, 5.74) is 4.49. The van der Waals surface area contributed by atoms with E-state index < -0.39 is 5.72 Å². The molecule has 1 unspecified atom stereocenters. The molecule has 0 aliphatic heterocycles. The van der Waals surface area contributed by atoms with E-state index in [0.717, 1.165) is 39.1 Å². The fourth-order valence-corrected chi connectivity index (χ4v) is 7.17. The number of fused-ring (bicyclic) bond motifs is 1. The van der Waals surface area contributed by atoms with E-state index >= 15 is 0 Å². The molecule has 0 amide bonds. The van der Waals surface area contributed by atoms with Crippen LogP contribution in [0.15, 0.2) is 48.8 Å². The molecule has 1 aliphatic carbocycles. The molecule has 9 heteroatoms. The first-order valence-corrected chi connectivity index (χ1v) is 17.0. The van der Waals surface area contributed by atoms with Crippen molar-refractivity contribution in [3.63, 3.8) is 0 Å². The van der Waals surface area contributed by atoms with Crippen LogP contribution in [0.4, 0.5) is 0 Å². The molecule has 2 aromatic heterocycles. The van der Waals surface area contributed by atoms with Crippen LogP contribution in [0.1, 0.15) is 115 Å². The number of rotatable bonds is 8. The maximum absolute atomic E-state index is 14.1. The van der Waals surface area contributed by atoms with Crippen LogP contribution in [0.5, 0.6) is 0 Å². The van der Waals surface area contributed by atoms with Gasteiger partial charge in [-0.2, -0.15) is 0 Å². The van der Waals surface area contributed by atoms with E-state index in [1.165, 1.54) is 48.1 Å². The van der Waals surface area contributed by atoms with Crippen LogP contribution in [-0.4, -0.2) is 33.1 Å². The molecule has 0 spiro atoms. The summed E-state index contributed by atoms with van der Waals surface area (Å²) in [6.07, 6.45) is 11.8. The number of H-pyrrole nitrogens is 1. The third kappa shape index (κ3) is 11.1. The number of nitrogens with zero attached hydrogens (tertiary/aromatic N) is 1. The van der Waals surface area contributed by atoms with Crippen LogP contribution < -0.4 is 61.8 Å². The van der Waals surface area contributed by atoms with Crippen molar-refractivity contribution in [3.05, 3.63) is 64.9 Å². The van der Waals surface area contributed by atoms with E-state index in [4.69, 9.17) is 9.72 Å². The van der Waals surface area contributed by atoms with Gasteiger partial charge < -0.3 is 25.6 Å². The van der Waals surface area contributed by atoms with Gasteiger partial charge in [0.05, 0.1) is 16.0 Å². The Bertz CT molecular complexity index is 1550. The molecule has 46 heavy (non-hydrogen) atoms. The van der Waals surface area contributed by atoms with Crippen molar-refractivity contribution >= 4 is 28.2 Å². The molecular formula is C37H52KN3O4S. The number of aryl methyl sites for hydroxylation is 1. The first-order valence-electron chi connectivity index (χ1n) is 16.2. The second kappa shape index (κ2) is 17.8. The molecule has 2 heterocycles. The Hall–Kier alpha value is -1.40. The van der Waals surface area contributed by atoms with Crippen molar-refractivity contribution in [3.8, 4) is 21.6 Å². The molecule has 1 atom stereocenters. The minimum atomic E-state index is -1.45. The predicted molar refractivity (Wildman–Crippen MR) is 185 cm³/mol. The van der Waals surface area contributed by atoms with Gasteiger partial charge in [0.1, 0.15) is 0 Å². The van der Waals surface area contributed by atoms with E-state index in [1.807, 2.05) is 53.9 Å². The van der Waals surface area contributed by atoms with E-state index in [-0.39, 0.29) is 74.5 Å². The monoisotopic (exact) mass is 673 g/mol. The SMILES string of the molecule is CCCC(=O)OC(C)C.Cc1c[nH]c2cc(-c3ccc(-c4cnc(C5CCCCC5)s4)c(C(C)([O-])NC(C)(C)C)c3)ccc12.O.[K+]. The Labute approximate surface area is 322 Å². The standard InChI is InChI=1S/C30H36N3OS.C7H14O2.K.H2O/c1-19-17-31-26-16-22(11-13-23(19)26)21-12-14-24(25(15-21)30(5,34)33-29(2,3)4)27-18-32-28(35-27)20-9-7-6-8-10-20;1-4-5-7(8)9-6(2)3;;/h11-18,20,31,33H,6-10H2,1-5H3;6H,4-5H2,1-3H3;;1H2/q-1;;+1;. The number of aromatic nitrogens is 2. The Balaban J connectivity index is 0.000000589. The van der Waals surface area contributed by atoms with Gasteiger partial charge in [0, 0.05) is 41.2 Å². The molecule has 5 rings (SSSR count). The zero-order chi connectivity index (χ0) is 32.1. The molecule has 1 saturated carbocycles. The maximum atomic E-state index is 14.1. The zero-order valence-corrected chi connectivity index (χ0v) is 33.2. The summed E-state index contributed by atoms with van der Waals surface area (Å²) in [4.78, 5) is 19.9. The Kier molecular flexibility index (Phi) is 15.8. The molecule has 0 bridgehead atoms. The number of hydrogen-bond acceptors (Lipinski definition) is 6. The summed E-state index contributed by atoms with van der Waals surface area (Å²) in [7, 11) is 0. The Morgan fingerprint density at radius 1 is 1.09 bits per heavy atom. The average molecular weight is 674 g/mol. The molecular weight excluding hydrogens is 622 g/mol. The van der Waals surface area contributed by atoms with E-state index in [9.17, 15) is 9.90 Å². The first kappa shape index (κ1) is 40.8. The number of thiazole rings is 1. The minimum Gasteiger partial charge on any atom is -0.835 e. The topological polar surface area (TPSA) is 122 Å². The minimum absolute atomic E-state index is 0. The number of carbonyl (C=O) groups is 1. The third-order valence-corrected chi connectivity index (χ3v) is 9.13. The molecule has 7 nitrogen and oxygen atoms in total. The molecule has 4 aromatic rings. The first-order chi connectivity index (χ1) is 20.8. The van der Waals surface area contributed by atoms with Crippen molar-refractivity contribution < 1.29 is 71.5 Å². The molecule has 1 fully saturated rings. The van der Waals surface area contributed by atoms with Crippen molar-refractivity contribution in [1.82, 2.24) is 15.3 Å². The summed E-state index contributed by atoms with van der Waals surface area (Å²) in [6.45, 7) is 15.7. The van der Waals surface area contributed by atoms with Gasteiger partial charge in [0.25, 0.3) is 0 Å². The summed E-state index contributed by atoms with van der Waals surface area (Å²) in [5, 5.41) is 19.9. The second-order valence-electron chi connectivity index (χ2n) is 13.6. The van der Waals surface area contributed by atoms with Crippen molar-refractivity contribution in [2.75, 3.05) is 0 Å². The van der Waals surface area contributed by atoms with Gasteiger partial charge in [-0.15, -0.1) is 11.3 Å². The van der Waals surface area contributed by atoms with Crippen LogP contribution in [0.25, 0.3) is 32.5 Å². The molecule has 0 saturated heterocycles. The smallest absolute Gasteiger partial charge is 0.835 e. The van der Waals surface area contributed by atoms with E-state index in [1.54, 1.807) is 18.3 Å².